The number of fused-ring (bicyclic) bond motifs is 1. The van der Waals surface area contributed by atoms with Crippen molar-refractivity contribution in [3.63, 3.8) is 0 Å². The zero-order valence-corrected chi connectivity index (χ0v) is 11.8. The Bertz CT molecular complexity index is 524. The second-order valence-corrected chi connectivity index (χ2v) is 6.20. The number of hydrogen-bond donors (Lipinski definition) is 0. The highest BCUT2D eigenvalue weighted by atomic mass is 35.5. The van der Waals surface area contributed by atoms with Crippen molar-refractivity contribution in [2.45, 2.75) is 31.2 Å². The van der Waals surface area contributed by atoms with Gasteiger partial charge < -0.3 is 4.74 Å². The molecule has 0 radical (unpaired) electrons. The van der Waals surface area contributed by atoms with E-state index in [1.165, 1.54) is 15.3 Å². The summed E-state index contributed by atoms with van der Waals surface area (Å²) in [7, 11) is 0. The van der Waals surface area contributed by atoms with Gasteiger partial charge in [0.2, 0.25) is 0 Å². The predicted molar refractivity (Wildman–Crippen MR) is 76.9 cm³/mol. The summed E-state index contributed by atoms with van der Waals surface area (Å²) in [6.45, 7) is 2.17. The molecule has 1 aromatic carbocycles. The molecule has 3 rings (SSSR count). The normalized spacial score (nSPS) is 19.3. The lowest BCUT2D eigenvalue weighted by molar-refractivity contribution is 0.228. The zero-order valence-electron chi connectivity index (χ0n) is 10.2. The van der Waals surface area contributed by atoms with Gasteiger partial charge in [-0.25, -0.2) is 0 Å². The second kappa shape index (κ2) is 4.94. The number of para-hydroxylation sites is 1. The molecule has 2 unspecified atom stereocenters. The number of benzene rings is 1. The third-order valence-electron chi connectivity index (χ3n) is 3.30. The Kier molecular flexibility index (Phi) is 3.31. The highest BCUT2D eigenvalue weighted by Crippen LogP contribution is 2.39. The van der Waals surface area contributed by atoms with E-state index in [4.69, 9.17) is 16.3 Å². The second-order valence-electron chi connectivity index (χ2n) is 4.53. The van der Waals surface area contributed by atoms with Crippen LogP contribution in [-0.4, -0.2) is 6.10 Å². The summed E-state index contributed by atoms with van der Waals surface area (Å²) in [6.07, 6.45) is 2.04. The molecule has 2 heterocycles. The van der Waals surface area contributed by atoms with Crippen LogP contribution in [0.4, 0.5) is 0 Å². The Hall–Kier alpha value is -0.990. The van der Waals surface area contributed by atoms with E-state index in [0.29, 0.717) is 0 Å². The summed E-state index contributed by atoms with van der Waals surface area (Å²) >= 11 is 8.35. The summed E-state index contributed by atoms with van der Waals surface area (Å²) in [6, 6.07) is 12.5. The molecular weight excluding hydrogens is 264 g/mol. The molecule has 0 spiro atoms. The van der Waals surface area contributed by atoms with Crippen LogP contribution in [0.25, 0.3) is 0 Å². The molecule has 94 valence electrons. The lowest BCUT2D eigenvalue weighted by Crippen LogP contribution is -2.18. The summed E-state index contributed by atoms with van der Waals surface area (Å²) in [5.74, 6) is 0.987. The van der Waals surface area contributed by atoms with E-state index in [1.54, 1.807) is 11.3 Å². The van der Waals surface area contributed by atoms with Crippen molar-refractivity contribution in [2.75, 3.05) is 0 Å². The van der Waals surface area contributed by atoms with Crippen LogP contribution in [0, 0.1) is 0 Å². The maximum Gasteiger partial charge on any atom is 0.124 e. The molecule has 1 nitrogen and oxygen atoms in total. The molecule has 0 bridgehead atoms. The van der Waals surface area contributed by atoms with Gasteiger partial charge in [0.05, 0.1) is 0 Å². The molecule has 0 fully saturated rings. The van der Waals surface area contributed by atoms with Crippen molar-refractivity contribution in [2.24, 2.45) is 0 Å². The minimum Gasteiger partial charge on any atom is -0.488 e. The number of rotatable bonds is 3. The molecule has 0 aliphatic carbocycles. The monoisotopic (exact) mass is 278 g/mol. The van der Waals surface area contributed by atoms with Crippen LogP contribution in [0.15, 0.2) is 36.4 Å². The number of thiophene rings is 1. The first-order valence-electron chi connectivity index (χ1n) is 6.25. The van der Waals surface area contributed by atoms with E-state index in [1.807, 2.05) is 18.2 Å². The quantitative estimate of drug-likeness (QED) is 0.746. The SMILES string of the molecule is CCc1ccc(C(Cl)C2Cc3ccccc3O2)s1. The summed E-state index contributed by atoms with van der Waals surface area (Å²) in [4.78, 5) is 2.59. The van der Waals surface area contributed by atoms with Gasteiger partial charge in [0.25, 0.3) is 0 Å². The average Bonchev–Trinajstić information content (AvgIpc) is 3.04. The third-order valence-corrected chi connectivity index (χ3v) is 5.26. The van der Waals surface area contributed by atoms with Gasteiger partial charge in [-0.2, -0.15) is 0 Å². The van der Waals surface area contributed by atoms with Gasteiger partial charge in [-0.3, -0.25) is 0 Å². The number of halogens is 1. The van der Waals surface area contributed by atoms with Crippen molar-refractivity contribution < 1.29 is 4.74 Å². The number of alkyl halides is 1. The van der Waals surface area contributed by atoms with Crippen molar-refractivity contribution >= 4 is 22.9 Å². The average molecular weight is 279 g/mol. The fourth-order valence-corrected chi connectivity index (χ4v) is 3.62. The highest BCUT2D eigenvalue weighted by Gasteiger charge is 2.30. The van der Waals surface area contributed by atoms with Crippen LogP contribution in [0.1, 0.15) is 27.6 Å². The first-order valence-corrected chi connectivity index (χ1v) is 7.50. The molecule has 0 amide bonds. The lowest BCUT2D eigenvalue weighted by Gasteiger charge is -2.15. The van der Waals surface area contributed by atoms with Gasteiger partial charge in [-0.05, 0) is 30.2 Å². The molecule has 18 heavy (non-hydrogen) atoms. The van der Waals surface area contributed by atoms with Gasteiger partial charge in [-0.1, -0.05) is 25.1 Å². The Morgan fingerprint density at radius 2 is 2.17 bits per heavy atom. The maximum atomic E-state index is 6.56. The Labute approximate surface area is 116 Å². The van der Waals surface area contributed by atoms with Gasteiger partial charge in [0.15, 0.2) is 0 Å². The lowest BCUT2D eigenvalue weighted by atomic mass is 10.1. The topological polar surface area (TPSA) is 9.23 Å². The van der Waals surface area contributed by atoms with Crippen LogP contribution in [0.3, 0.4) is 0 Å². The van der Waals surface area contributed by atoms with Gasteiger partial charge in [-0.15, -0.1) is 22.9 Å². The third kappa shape index (κ3) is 2.15. The molecule has 0 saturated heterocycles. The van der Waals surface area contributed by atoms with Crippen molar-refractivity contribution in [3.8, 4) is 5.75 Å². The van der Waals surface area contributed by atoms with E-state index in [-0.39, 0.29) is 11.5 Å². The minimum atomic E-state index is -0.0531. The maximum absolute atomic E-state index is 6.56. The summed E-state index contributed by atoms with van der Waals surface area (Å²) in [5.41, 5.74) is 1.26. The van der Waals surface area contributed by atoms with Crippen LogP contribution in [0.2, 0.25) is 0 Å². The largest absolute Gasteiger partial charge is 0.488 e. The van der Waals surface area contributed by atoms with E-state index >= 15 is 0 Å². The van der Waals surface area contributed by atoms with Crippen molar-refractivity contribution in [3.05, 3.63) is 51.7 Å². The first kappa shape index (κ1) is 12.1. The van der Waals surface area contributed by atoms with Gasteiger partial charge in [0.1, 0.15) is 17.2 Å². The molecular formula is C15H15ClOS. The summed E-state index contributed by atoms with van der Waals surface area (Å²) < 4.78 is 5.94. The number of aryl methyl sites for hydroxylation is 1. The molecule has 1 aliphatic heterocycles. The highest BCUT2D eigenvalue weighted by molar-refractivity contribution is 7.12. The predicted octanol–water partition coefficient (Wildman–Crippen LogP) is 4.59. The fourth-order valence-electron chi connectivity index (χ4n) is 2.29. The van der Waals surface area contributed by atoms with Crippen LogP contribution >= 0.6 is 22.9 Å². The first-order chi connectivity index (χ1) is 8.78. The molecule has 1 aromatic heterocycles. The summed E-state index contributed by atoms with van der Waals surface area (Å²) in [5, 5.41) is -0.0531. The van der Waals surface area contributed by atoms with Crippen molar-refractivity contribution in [1.82, 2.24) is 0 Å². The smallest absolute Gasteiger partial charge is 0.124 e. The Balaban J connectivity index is 1.77. The van der Waals surface area contributed by atoms with Gasteiger partial charge >= 0.3 is 0 Å². The van der Waals surface area contributed by atoms with E-state index in [2.05, 4.69) is 25.1 Å². The number of ether oxygens (including phenoxy) is 1. The molecule has 0 saturated carbocycles. The van der Waals surface area contributed by atoms with Crippen molar-refractivity contribution in [1.29, 1.82) is 0 Å². The molecule has 2 atom stereocenters. The molecule has 1 aliphatic rings. The number of hydrogen-bond acceptors (Lipinski definition) is 2. The molecule has 2 aromatic rings. The van der Waals surface area contributed by atoms with E-state index in [9.17, 15) is 0 Å². The Morgan fingerprint density at radius 3 is 2.89 bits per heavy atom. The minimum absolute atomic E-state index is 0.0531. The fraction of sp³-hybridized carbons (Fsp3) is 0.333. The Morgan fingerprint density at radius 1 is 1.33 bits per heavy atom. The standard InChI is InChI=1S/C15H15ClOS/c1-2-11-7-8-14(18-11)15(16)13-9-10-5-3-4-6-12(10)17-13/h3-8,13,15H,2,9H2,1H3. The van der Waals surface area contributed by atoms with E-state index in [0.717, 1.165) is 18.6 Å². The molecule has 0 N–H and O–H groups in total. The van der Waals surface area contributed by atoms with Crippen LogP contribution in [-0.2, 0) is 12.8 Å². The van der Waals surface area contributed by atoms with E-state index < -0.39 is 0 Å². The van der Waals surface area contributed by atoms with Gasteiger partial charge in [0, 0.05) is 16.2 Å². The molecule has 3 heteroatoms. The van der Waals surface area contributed by atoms with Crippen LogP contribution < -0.4 is 4.74 Å². The van der Waals surface area contributed by atoms with Crippen LogP contribution in [0.5, 0.6) is 5.75 Å². The zero-order chi connectivity index (χ0) is 12.5.